The number of nitrogens with two attached hydrogens (primary N) is 1. The van der Waals surface area contributed by atoms with E-state index in [1.807, 2.05) is 18.2 Å². The van der Waals surface area contributed by atoms with Crippen LogP contribution in [0.5, 0.6) is 0 Å². The lowest BCUT2D eigenvalue weighted by Crippen LogP contribution is -2.29. The molecule has 1 unspecified atom stereocenters. The summed E-state index contributed by atoms with van der Waals surface area (Å²) in [6.07, 6.45) is 2.06. The summed E-state index contributed by atoms with van der Waals surface area (Å²) in [5, 5.41) is 2.75. The maximum atomic E-state index is 11.2. The molecule has 76 valence electrons. The standard InChI is InChI=1S/C10H15N3O/c1-8(11)6-10(14)13-7-9-4-2-3-5-12-9/h2-5,8H,6-7,11H2,1H3,(H,13,14). The van der Waals surface area contributed by atoms with Gasteiger partial charge >= 0.3 is 0 Å². The molecular weight excluding hydrogens is 178 g/mol. The number of amides is 1. The molecule has 1 rings (SSSR count). The Morgan fingerprint density at radius 3 is 3.00 bits per heavy atom. The largest absolute Gasteiger partial charge is 0.350 e. The topological polar surface area (TPSA) is 68.0 Å². The van der Waals surface area contributed by atoms with Crippen LogP contribution in [0.15, 0.2) is 24.4 Å². The van der Waals surface area contributed by atoms with Crippen molar-refractivity contribution in [1.82, 2.24) is 10.3 Å². The maximum Gasteiger partial charge on any atom is 0.221 e. The van der Waals surface area contributed by atoms with Gasteiger partial charge in [-0.25, -0.2) is 0 Å². The van der Waals surface area contributed by atoms with Gasteiger partial charge in [0, 0.05) is 18.7 Å². The number of hydrogen-bond donors (Lipinski definition) is 2. The molecule has 3 N–H and O–H groups in total. The summed E-state index contributed by atoms with van der Waals surface area (Å²) in [6.45, 7) is 2.27. The summed E-state index contributed by atoms with van der Waals surface area (Å²) in [7, 11) is 0. The Kier molecular flexibility index (Phi) is 4.07. The predicted octanol–water partition coefficient (Wildman–Crippen LogP) is 0.435. The van der Waals surface area contributed by atoms with Crippen molar-refractivity contribution in [2.24, 2.45) is 5.73 Å². The normalized spacial score (nSPS) is 12.1. The Hall–Kier alpha value is -1.42. The van der Waals surface area contributed by atoms with E-state index in [2.05, 4.69) is 10.3 Å². The van der Waals surface area contributed by atoms with Crippen LogP contribution in [0.4, 0.5) is 0 Å². The fourth-order valence-electron chi connectivity index (χ4n) is 1.06. The van der Waals surface area contributed by atoms with Crippen LogP contribution in [0.3, 0.4) is 0 Å². The number of rotatable bonds is 4. The number of hydrogen-bond acceptors (Lipinski definition) is 3. The lowest BCUT2D eigenvalue weighted by atomic mass is 10.2. The van der Waals surface area contributed by atoms with E-state index in [0.29, 0.717) is 13.0 Å². The highest BCUT2D eigenvalue weighted by Crippen LogP contribution is 1.93. The quantitative estimate of drug-likeness (QED) is 0.729. The summed E-state index contributed by atoms with van der Waals surface area (Å²) >= 11 is 0. The molecule has 1 atom stereocenters. The van der Waals surface area contributed by atoms with E-state index in [1.54, 1.807) is 13.1 Å². The Balaban J connectivity index is 2.31. The zero-order valence-corrected chi connectivity index (χ0v) is 8.23. The fraction of sp³-hybridized carbons (Fsp3) is 0.400. The van der Waals surface area contributed by atoms with Crippen LogP contribution in [-0.4, -0.2) is 16.9 Å². The molecule has 0 aliphatic carbocycles. The predicted molar refractivity (Wildman–Crippen MR) is 54.4 cm³/mol. The average Bonchev–Trinajstić information content (AvgIpc) is 2.15. The Morgan fingerprint density at radius 2 is 2.43 bits per heavy atom. The van der Waals surface area contributed by atoms with Gasteiger partial charge in [-0.2, -0.15) is 0 Å². The van der Waals surface area contributed by atoms with Crippen molar-refractivity contribution in [2.75, 3.05) is 0 Å². The number of carbonyl (C=O) groups excluding carboxylic acids is 1. The van der Waals surface area contributed by atoms with Gasteiger partial charge in [0.15, 0.2) is 0 Å². The molecule has 4 heteroatoms. The first-order chi connectivity index (χ1) is 6.68. The average molecular weight is 193 g/mol. The van der Waals surface area contributed by atoms with Crippen molar-refractivity contribution in [3.05, 3.63) is 30.1 Å². The third-order valence-electron chi connectivity index (χ3n) is 1.70. The Labute approximate surface area is 83.5 Å². The van der Waals surface area contributed by atoms with Gasteiger partial charge in [0.2, 0.25) is 5.91 Å². The first-order valence-corrected chi connectivity index (χ1v) is 4.60. The molecule has 1 aromatic rings. The number of aromatic nitrogens is 1. The summed E-state index contributed by atoms with van der Waals surface area (Å²) in [4.78, 5) is 15.3. The first-order valence-electron chi connectivity index (χ1n) is 4.60. The fourth-order valence-corrected chi connectivity index (χ4v) is 1.06. The molecule has 0 fully saturated rings. The van der Waals surface area contributed by atoms with Gasteiger partial charge in [-0.05, 0) is 19.1 Å². The molecule has 0 aliphatic rings. The molecule has 0 radical (unpaired) electrons. The lowest BCUT2D eigenvalue weighted by molar-refractivity contribution is -0.121. The van der Waals surface area contributed by atoms with Gasteiger partial charge in [0.1, 0.15) is 0 Å². The lowest BCUT2D eigenvalue weighted by Gasteiger charge is -2.06. The van der Waals surface area contributed by atoms with E-state index < -0.39 is 0 Å². The molecular formula is C10H15N3O. The van der Waals surface area contributed by atoms with Gasteiger partial charge in [-0.3, -0.25) is 9.78 Å². The molecule has 1 aromatic heterocycles. The van der Waals surface area contributed by atoms with E-state index >= 15 is 0 Å². The van der Waals surface area contributed by atoms with Crippen molar-refractivity contribution in [3.8, 4) is 0 Å². The zero-order chi connectivity index (χ0) is 10.4. The minimum absolute atomic E-state index is 0.0364. The highest BCUT2D eigenvalue weighted by Gasteiger charge is 2.04. The maximum absolute atomic E-state index is 11.2. The van der Waals surface area contributed by atoms with Crippen LogP contribution in [0.25, 0.3) is 0 Å². The van der Waals surface area contributed by atoms with Crippen LogP contribution in [0.1, 0.15) is 19.0 Å². The van der Waals surface area contributed by atoms with Gasteiger partial charge in [0.25, 0.3) is 0 Å². The zero-order valence-electron chi connectivity index (χ0n) is 8.23. The second kappa shape index (κ2) is 5.34. The van der Waals surface area contributed by atoms with Crippen molar-refractivity contribution in [3.63, 3.8) is 0 Å². The Morgan fingerprint density at radius 1 is 1.64 bits per heavy atom. The molecule has 0 saturated heterocycles. The summed E-state index contributed by atoms with van der Waals surface area (Å²) in [5.74, 6) is -0.0364. The molecule has 0 saturated carbocycles. The van der Waals surface area contributed by atoms with Crippen LogP contribution >= 0.6 is 0 Å². The minimum Gasteiger partial charge on any atom is -0.350 e. The van der Waals surface area contributed by atoms with E-state index in [0.717, 1.165) is 5.69 Å². The SMILES string of the molecule is CC(N)CC(=O)NCc1ccccn1. The number of nitrogens with zero attached hydrogens (tertiary/aromatic N) is 1. The number of carbonyl (C=O) groups is 1. The van der Waals surface area contributed by atoms with Gasteiger partial charge in [-0.1, -0.05) is 6.07 Å². The second-order valence-corrected chi connectivity index (χ2v) is 3.28. The highest BCUT2D eigenvalue weighted by molar-refractivity contribution is 5.76. The van der Waals surface area contributed by atoms with E-state index in [-0.39, 0.29) is 11.9 Å². The van der Waals surface area contributed by atoms with Crippen LogP contribution in [0.2, 0.25) is 0 Å². The van der Waals surface area contributed by atoms with Crippen LogP contribution in [0, 0.1) is 0 Å². The molecule has 0 spiro atoms. The minimum atomic E-state index is -0.0984. The summed E-state index contributed by atoms with van der Waals surface area (Å²) < 4.78 is 0. The number of nitrogens with one attached hydrogen (secondary N) is 1. The van der Waals surface area contributed by atoms with Crippen LogP contribution < -0.4 is 11.1 Å². The van der Waals surface area contributed by atoms with Crippen molar-refractivity contribution < 1.29 is 4.79 Å². The van der Waals surface area contributed by atoms with E-state index in [4.69, 9.17) is 5.73 Å². The Bertz CT molecular complexity index is 285. The number of pyridine rings is 1. The van der Waals surface area contributed by atoms with Crippen molar-refractivity contribution in [2.45, 2.75) is 25.9 Å². The van der Waals surface area contributed by atoms with E-state index in [1.165, 1.54) is 0 Å². The molecule has 1 amide bonds. The summed E-state index contributed by atoms with van der Waals surface area (Å²) in [5.41, 5.74) is 6.34. The summed E-state index contributed by atoms with van der Waals surface area (Å²) in [6, 6.07) is 5.50. The molecule has 14 heavy (non-hydrogen) atoms. The third-order valence-corrected chi connectivity index (χ3v) is 1.70. The monoisotopic (exact) mass is 193 g/mol. The first kappa shape index (κ1) is 10.7. The van der Waals surface area contributed by atoms with Crippen molar-refractivity contribution >= 4 is 5.91 Å². The molecule has 0 bridgehead atoms. The van der Waals surface area contributed by atoms with Gasteiger partial charge in [0.05, 0.1) is 12.2 Å². The smallest absolute Gasteiger partial charge is 0.221 e. The molecule has 0 aliphatic heterocycles. The molecule has 1 heterocycles. The van der Waals surface area contributed by atoms with Gasteiger partial charge < -0.3 is 11.1 Å². The second-order valence-electron chi connectivity index (χ2n) is 3.28. The highest BCUT2D eigenvalue weighted by atomic mass is 16.1. The van der Waals surface area contributed by atoms with Crippen molar-refractivity contribution in [1.29, 1.82) is 0 Å². The van der Waals surface area contributed by atoms with E-state index in [9.17, 15) is 4.79 Å². The van der Waals surface area contributed by atoms with Gasteiger partial charge in [-0.15, -0.1) is 0 Å². The molecule has 4 nitrogen and oxygen atoms in total. The molecule has 0 aromatic carbocycles. The van der Waals surface area contributed by atoms with Crippen LogP contribution in [-0.2, 0) is 11.3 Å². The third kappa shape index (κ3) is 4.00.